The number of ether oxygens (including phenoxy) is 1. The molecule has 1 atom stereocenters. The van der Waals surface area contributed by atoms with Gasteiger partial charge in [0.2, 0.25) is 0 Å². The number of nitrogens with zero attached hydrogens (tertiary/aromatic N) is 1. The number of rotatable bonds is 1. The molecule has 3 heteroatoms. The first-order valence-corrected chi connectivity index (χ1v) is 4.64. The summed E-state index contributed by atoms with van der Waals surface area (Å²) in [5.74, 6) is 0.0654. The van der Waals surface area contributed by atoms with Crippen LogP contribution in [0.3, 0.4) is 0 Å². The van der Waals surface area contributed by atoms with Crippen LogP contribution in [0, 0.1) is 11.3 Å². The molecule has 0 bridgehead atoms. The molecule has 1 heterocycles. The van der Waals surface area contributed by atoms with Crippen LogP contribution in [0.15, 0.2) is 36.6 Å². The summed E-state index contributed by atoms with van der Waals surface area (Å²) < 4.78 is 5.32. The summed E-state index contributed by atoms with van der Waals surface area (Å²) in [6, 6.07) is 9.12. The summed E-state index contributed by atoms with van der Waals surface area (Å²) in [5, 5.41) is 8.63. The fourth-order valence-electron chi connectivity index (χ4n) is 1.48. The lowest BCUT2D eigenvalue weighted by Crippen LogP contribution is -2.11. The number of ketones is 1. The molecule has 0 N–H and O–H groups in total. The highest BCUT2D eigenvalue weighted by molar-refractivity contribution is 5.90. The van der Waals surface area contributed by atoms with Crippen molar-refractivity contribution in [3.05, 3.63) is 47.7 Å². The Bertz CT molecular complexity index is 440. The predicted molar refractivity (Wildman–Crippen MR) is 53.7 cm³/mol. The van der Waals surface area contributed by atoms with Gasteiger partial charge in [0, 0.05) is 6.08 Å². The molecule has 0 spiro atoms. The van der Waals surface area contributed by atoms with E-state index in [1.165, 1.54) is 12.3 Å². The monoisotopic (exact) mass is 199 g/mol. The van der Waals surface area contributed by atoms with Gasteiger partial charge in [-0.05, 0) is 17.7 Å². The quantitative estimate of drug-likeness (QED) is 0.695. The zero-order chi connectivity index (χ0) is 10.7. The van der Waals surface area contributed by atoms with E-state index in [1.807, 2.05) is 18.2 Å². The summed E-state index contributed by atoms with van der Waals surface area (Å²) in [7, 11) is 0. The van der Waals surface area contributed by atoms with E-state index in [1.54, 1.807) is 12.1 Å². The van der Waals surface area contributed by atoms with Gasteiger partial charge >= 0.3 is 0 Å². The van der Waals surface area contributed by atoms with Crippen LogP contribution in [0.1, 0.15) is 23.7 Å². The van der Waals surface area contributed by atoms with Crippen molar-refractivity contribution in [2.75, 3.05) is 0 Å². The lowest BCUT2D eigenvalue weighted by atomic mass is 10.0. The van der Waals surface area contributed by atoms with Gasteiger partial charge in [0.25, 0.3) is 0 Å². The molecular weight excluding hydrogens is 190 g/mol. The van der Waals surface area contributed by atoms with Crippen LogP contribution in [0.2, 0.25) is 0 Å². The first-order chi connectivity index (χ1) is 7.29. The first-order valence-electron chi connectivity index (χ1n) is 4.64. The van der Waals surface area contributed by atoms with Gasteiger partial charge in [0.05, 0.1) is 24.3 Å². The van der Waals surface area contributed by atoms with E-state index in [-0.39, 0.29) is 11.9 Å². The molecule has 0 unspecified atom stereocenters. The van der Waals surface area contributed by atoms with E-state index in [2.05, 4.69) is 0 Å². The van der Waals surface area contributed by atoms with Gasteiger partial charge in [-0.2, -0.15) is 5.26 Å². The molecule has 15 heavy (non-hydrogen) atoms. The van der Waals surface area contributed by atoms with Crippen molar-refractivity contribution in [3.8, 4) is 6.07 Å². The van der Waals surface area contributed by atoms with Crippen molar-refractivity contribution < 1.29 is 9.53 Å². The minimum Gasteiger partial charge on any atom is -0.493 e. The van der Waals surface area contributed by atoms with E-state index >= 15 is 0 Å². The van der Waals surface area contributed by atoms with Crippen LogP contribution in [0.5, 0.6) is 0 Å². The topological polar surface area (TPSA) is 50.1 Å². The normalized spacial score (nSPS) is 19.4. The van der Waals surface area contributed by atoms with Crippen LogP contribution in [-0.4, -0.2) is 5.78 Å². The Hall–Kier alpha value is -2.08. The number of benzene rings is 1. The maximum absolute atomic E-state index is 11.2. The molecule has 0 radical (unpaired) electrons. The highest BCUT2D eigenvalue weighted by atomic mass is 16.5. The average Bonchev–Trinajstić information content (AvgIpc) is 2.29. The molecule has 3 nitrogen and oxygen atoms in total. The molecule has 74 valence electrons. The Morgan fingerprint density at radius 1 is 1.33 bits per heavy atom. The summed E-state index contributed by atoms with van der Waals surface area (Å²) in [5.41, 5.74) is 1.53. The second-order valence-electron chi connectivity index (χ2n) is 3.33. The fraction of sp³-hybridized carbons (Fsp3) is 0.167. The number of carbonyl (C=O) groups is 1. The van der Waals surface area contributed by atoms with E-state index in [9.17, 15) is 4.79 Å². The van der Waals surface area contributed by atoms with Gasteiger partial charge in [-0.15, -0.1) is 0 Å². The SMILES string of the molecule is N#Cc1ccc([C@@H]2CC(=O)C=CO2)cc1. The molecule has 0 aliphatic carbocycles. The third kappa shape index (κ3) is 2.05. The van der Waals surface area contributed by atoms with Gasteiger partial charge in [0.15, 0.2) is 5.78 Å². The van der Waals surface area contributed by atoms with Gasteiger partial charge < -0.3 is 4.74 Å². The molecule has 1 aromatic rings. The Balaban J connectivity index is 2.20. The summed E-state index contributed by atoms with van der Waals surface area (Å²) >= 11 is 0. The zero-order valence-corrected chi connectivity index (χ0v) is 8.01. The van der Waals surface area contributed by atoms with Crippen LogP contribution < -0.4 is 0 Å². The Morgan fingerprint density at radius 3 is 2.67 bits per heavy atom. The maximum Gasteiger partial charge on any atom is 0.162 e. The standard InChI is InChI=1S/C12H9NO2/c13-8-9-1-3-10(4-2-9)12-7-11(14)5-6-15-12/h1-6,12H,7H2/t12-/m0/s1. The third-order valence-electron chi connectivity index (χ3n) is 2.29. The maximum atomic E-state index is 11.2. The molecule has 2 rings (SSSR count). The largest absolute Gasteiger partial charge is 0.493 e. The number of hydrogen-bond donors (Lipinski definition) is 0. The smallest absolute Gasteiger partial charge is 0.162 e. The van der Waals surface area contributed by atoms with Crippen LogP contribution >= 0.6 is 0 Å². The van der Waals surface area contributed by atoms with E-state index in [0.717, 1.165) is 5.56 Å². The van der Waals surface area contributed by atoms with Crippen LogP contribution in [0.4, 0.5) is 0 Å². The second kappa shape index (κ2) is 3.97. The van der Waals surface area contributed by atoms with Crippen molar-refractivity contribution in [2.45, 2.75) is 12.5 Å². The minimum atomic E-state index is -0.213. The van der Waals surface area contributed by atoms with E-state index in [4.69, 9.17) is 10.00 Å². The van der Waals surface area contributed by atoms with Crippen molar-refractivity contribution in [1.82, 2.24) is 0 Å². The van der Waals surface area contributed by atoms with Gasteiger partial charge in [-0.25, -0.2) is 0 Å². The minimum absolute atomic E-state index is 0.0654. The van der Waals surface area contributed by atoms with Crippen molar-refractivity contribution >= 4 is 5.78 Å². The fourth-order valence-corrected chi connectivity index (χ4v) is 1.48. The summed E-state index contributed by atoms with van der Waals surface area (Å²) in [6.07, 6.45) is 3.01. The highest BCUT2D eigenvalue weighted by Crippen LogP contribution is 2.25. The van der Waals surface area contributed by atoms with Crippen LogP contribution in [0.25, 0.3) is 0 Å². The Labute approximate surface area is 87.6 Å². The molecule has 0 amide bonds. The Kier molecular flexibility index (Phi) is 2.51. The van der Waals surface area contributed by atoms with Gasteiger partial charge in [0.1, 0.15) is 6.10 Å². The molecule has 1 aromatic carbocycles. The highest BCUT2D eigenvalue weighted by Gasteiger charge is 2.18. The average molecular weight is 199 g/mol. The number of nitriles is 1. The molecular formula is C12H9NO2. The summed E-state index contributed by atoms with van der Waals surface area (Å²) in [6.45, 7) is 0. The molecule has 0 saturated heterocycles. The summed E-state index contributed by atoms with van der Waals surface area (Å²) in [4.78, 5) is 11.2. The van der Waals surface area contributed by atoms with Crippen LogP contribution in [-0.2, 0) is 9.53 Å². The lowest BCUT2D eigenvalue weighted by molar-refractivity contribution is -0.118. The molecule has 0 aromatic heterocycles. The second-order valence-corrected chi connectivity index (χ2v) is 3.33. The van der Waals surface area contributed by atoms with Gasteiger partial charge in [-0.3, -0.25) is 4.79 Å². The van der Waals surface area contributed by atoms with E-state index < -0.39 is 0 Å². The van der Waals surface area contributed by atoms with Crippen molar-refractivity contribution in [2.24, 2.45) is 0 Å². The predicted octanol–water partition coefficient (Wildman–Crippen LogP) is 2.10. The number of carbonyl (C=O) groups excluding carboxylic acids is 1. The number of allylic oxidation sites excluding steroid dienone is 1. The Morgan fingerprint density at radius 2 is 2.07 bits per heavy atom. The lowest BCUT2D eigenvalue weighted by Gasteiger charge is -2.18. The number of hydrogen-bond acceptors (Lipinski definition) is 3. The van der Waals surface area contributed by atoms with E-state index in [0.29, 0.717) is 12.0 Å². The molecule has 0 saturated carbocycles. The first kappa shape index (κ1) is 9.47. The van der Waals surface area contributed by atoms with Gasteiger partial charge in [-0.1, -0.05) is 12.1 Å². The van der Waals surface area contributed by atoms with Crippen molar-refractivity contribution in [3.63, 3.8) is 0 Å². The van der Waals surface area contributed by atoms with Crippen molar-refractivity contribution in [1.29, 1.82) is 5.26 Å². The molecule has 1 aliphatic heterocycles. The zero-order valence-electron chi connectivity index (χ0n) is 8.01. The molecule has 0 fully saturated rings. The third-order valence-corrected chi connectivity index (χ3v) is 2.29. The molecule has 1 aliphatic rings.